The van der Waals surface area contributed by atoms with E-state index in [9.17, 15) is 9.90 Å². The van der Waals surface area contributed by atoms with Gasteiger partial charge in [0.25, 0.3) is 0 Å². The standard InChI is InChI=1S/C16H15NO3/c1-10-7-11-8-17-9-13(11)15(18)14(10)16(19)20-12-5-3-2-4-6-12/h2-7,17-18H,8-9H2,1H3. The molecule has 1 aliphatic rings. The summed E-state index contributed by atoms with van der Waals surface area (Å²) in [7, 11) is 0. The van der Waals surface area contributed by atoms with Gasteiger partial charge < -0.3 is 15.2 Å². The Kier molecular flexibility index (Phi) is 3.16. The van der Waals surface area contributed by atoms with Crippen LogP contribution in [0.15, 0.2) is 36.4 Å². The maximum atomic E-state index is 12.3. The van der Waals surface area contributed by atoms with Gasteiger partial charge in [-0.1, -0.05) is 24.3 Å². The lowest BCUT2D eigenvalue weighted by molar-refractivity contribution is 0.0730. The summed E-state index contributed by atoms with van der Waals surface area (Å²) in [6, 6.07) is 10.8. The van der Waals surface area contributed by atoms with Crippen molar-refractivity contribution in [1.29, 1.82) is 0 Å². The smallest absolute Gasteiger partial charge is 0.347 e. The van der Waals surface area contributed by atoms with Crippen LogP contribution < -0.4 is 10.1 Å². The van der Waals surface area contributed by atoms with Crippen molar-refractivity contribution >= 4 is 5.97 Å². The molecule has 2 aromatic rings. The van der Waals surface area contributed by atoms with E-state index in [4.69, 9.17) is 4.74 Å². The van der Waals surface area contributed by atoms with Crippen LogP contribution in [0.4, 0.5) is 0 Å². The van der Waals surface area contributed by atoms with Crippen LogP contribution in [-0.4, -0.2) is 11.1 Å². The minimum atomic E-state index is -0.527. The second kappa shape index (κ2) is 4.98. The van der Waals surface area contributed by atoms with E-state index in [2.05, 4.69) is 5.32 Å². The van der Waals surface area contributed by atoms with Gasteiger partial charge in [0.15, 0.2) is 0 Å². The number of para-hydroxylation sites is 1. The quantitative estimate of drug-likeness (QED) is 0.649. The zero-order valence-electron chi connectivity index (χ0n) is 11.1. The molecule has 1 heterocycles. The van der Waals surface area contributed by atoms with Gasteiger partial charge in [0.1, 0.15) is 17.1 Å². The molecule has 4 nitrogen and oxygen atoms in total. The van der Waals surface area contributed by atoms with Crippen molar-refractivity contribution in [3.05, 3.63) is 58.7 Å². The van der Waals surface area contributed by atoms with Crippen LogP contribution in [0.1, 0.15) is 27.0 Å². The van der Waals surface area contributed by atoms with Gasteiger partial charge >= 0.3 is 5.97 Å². The lowest BCUT2D eigenvalue weighted by Gasteiger charge is -2.12. The first-order valence-corrected chi connectivity index (χ1v) is 6.49. The number of hydrogen-bond acceptors (Lipinski definition) is 4. The van der Waals surface area contributed by atoms with E-state index in [1.165, 1.54) is 0 Å². The van der Waals surface area contributed by atoms with Crippen molar-refractivity contribution in [2.45, 2.75) is 20.0 Å². The van der Waals surface area contributed by atoms with Crippen molar-refractivity contribution in [2.75, 3.05) is 0 Å². The Labute approximate surface area is 117 Å². The number of fused-ring (bicyclic) bond motifs is 1. The summed E-state index contributed by atoms with van der Waals surface area (Å²) in [6.07, 6.45) is 0. The van der Waals surface area contributed by atoms with Crippen molar-refractivity contribution in [1.82, 2.24) is 5.32 Å². The summed E-state index contributed by atoms with van der Waals surface area (Å²) in [5, 5.41) is 13.5. The van der Waals surface area contributed by atoms with E-state index in [1.54, 1.807) is 31.2 Å². The number of aromatic hydroxyl groups is 1. The molecular formula is C16H15NO3. The van der Waals surface area contributed by atoms with Gasteiger partial charge in [-0.25, -0.2) is 4.79 Å². The first-order chi connectivity index (χ1) is 9.66. The minimum Gasteiger partial charge on any atom is -0.507 e. The van der Waals surface area contributed by atoms with Gasteiger partial charge in [-0.15, -0.1) is 0 Å². The second-order valence-corrected chi connectivity index (χ2v) is 4.86. The van der Waals surface area contributed by atoms with Crippen LogP contribution in [0.2, 0.25) is 0 Å². The molecule has 102 valence electrons. The minimum absolute atomic E-state index is 0.0333. The molecule has 0 spiro atoms. The maximum Gasteiger partial charge on any atom is 0.347 e. The highest BCUT2D eigenvalue weighted by Crippen LogP contribution is 2.32. The molecule has 0 radical (unpaired) electrons. The fourth-order valence-corrected chi connectivity index (χ4v) is 2.49. The molecule has 0 amide bonds. The van der Waals surface area contributed by atoms with Crippen LogP contribution in [0.5, 0.6) is 11.5 Å². The van der Waals surface area contributed by atoms with Crippen LogP contribution >= 0.6 is 0 Å². The Bertz CT molecular complexity index is 665. The van der Waals surface area contributed by atoms with Gasteiger partial charge in [-0.2, -0.15) is 0 Å². The van der Waals surface area contributed by atoms with Gasteiger partial charge in [0.05, 0.1) is 0 Å². The van der Waals surface area contributed by atoms with E-state index in [0.29, 0.717) is 12.3 Å². The summed E-state index contributed by atoms with van der Waals surface area (Å²) < 4.78 is 5.30. The Hall–Kier alpha value is -2.33. The van der Waals surface area contributed by atoms with Crippen LogP contribution in [0.25, 0.3) is 0 Å². The number of phenolic OH excluding ortho intramolecular Hbond substituents is 1. The Morgan fingerprint density at radius 3 is 2.75 bits per heavy atom. The molecule has 20 heavy (non-hydrogen) atoms. The van der Waals surface area contributed by atoms with Crippen molar-refractivity contribution < 1.29 is 14.6 Å². The lowest BCUT2D eigenvalue weighted by atomic mass is 9.99. The van der Waals surface area contributed by atoms with Crippen molar-refractivity contribution in [3.8, 4) is 11.5 Å². The summed E-state index contributed by atoms with van der Waals surface area (Å²) in [6.45, 7) is 3.10. The van der Waals surface area contributed by atoms with Gasteiger partial charge in [0.2, 0.25) is 0 Å². The van der Waals surface area contributed by atoms with E-state index < -0.39 is 5.97 Å². The Morgan fingerprint density at radius 1 is 1.25 bits per heavy atom. The van der Waals surface area contributed by atoms with E-state index >= 15 is 0 Å². The lowest BCUT2D eigenvalue weighted by Crippen LogP contribution is -2.11. The third kappa shape index (κ3) is 2.14. The fraction of sp³-hybridized carbons (Fsp3) is 0.188. The zero-order chi connectivity index (χ0) is 14.1. The number of aryl methyl sites for hydroxylation is 1. The number of carbonyl (C=O) groups excluding carboxylic acids is 1. The summed E-state index contributed by atoms with van der Waals surface area (Å²) in [5.41, 5.74) is 2.80. The van der Waals surface area contributed by atoms with E-state index in [-0.39, 0.29) is 11.3 Å². The molecule has 0 aromatic heterocycles. The molecule has 0 bridgehead atoms. The van der Waals surface area contributed by atoms with E-state index in [1.807, 2.05) is 12.1 Å². The summed E-state index contributed by atoms with van der Waals surface area (Å²) in [4.78, 5) is 12.3. The molecule has 0 fully saturated rings. The number of rotatable bonds is 2. The largest absolute Gasteiger partial charge is 0.507 e. The molecule has 2 aromatic carbocycles. The molecule has 2 N–H and O–H groups in total. The molecule has 0 aliphatic carbocycles. The summed E-state index contributed by atoms with van der Waals surface area (Å²) >= 11 is 0. The predicted molar refractivity (Wildman–Crippen MR) is 74.8 cm³/mol. The molecular weight excluding hydrogens is 254 g/mol. The average Bonchev–Trinajstić information content (AvgIpc) is 2.88. The molecule has 0 unspecified atom stereocenters. The first-order valence-electron chi connectivity index (χ1n) is 6.49. The van der Waals surface area contributed by atoms with Crippen LogP contribution in [-0.2, 0) is 13.1 Å². The molecule has 0 saturated carbocycles. The third-order valence-electron chi connectivity index (χ3n) is 3.47. The topological polar surface area (TPSA) is 58.6 Å². The first kappa shape index (κ1) is 12.7. The Morgan fingerprint density at radius 2 is 2.00 bits per heavy atom. The average molecular weight is 269 g/mol. The van der Waals surface area contributed by atoms with Gasteiger partial charge in [-0.3, -0.25) is 0 Å². The number of phenols is 1. The predicted octanol–water partition coefficient (Wildman–Crippen LogP) is 2.52. The molecule has 3 rings (SSSR count). The van der Waals surface area contributed by atoms with Gasteiger partial charge in [-0.05, 0) is 30.2 Å². The Balaban J connectivity index is 1.96. The number of esters is 1. The molecule has 1 aliphatic heterocycles. The van der Waals surface area contributed by atoms with Gasteiger partial charge in [0, 0.05) is 18.7 Å². The van der Waals surface area contributed by atoms with Crippen molar-refractivity contribution in [2.24, 2.45) is 0 Å². The van der Waals surface area contributed by atoms with Crippen molar-refractivity contribution in [3.63, 3.8) is 0 Å². The maximum absolute atomic E-state index is 12.3. The number of benzene rings is 2. The highest BCUT2D eigenvalue weighted by atomic mass is 16.5. The number of ether oxygens (including phenoxy) is 1. The highest BCUT2D eigenvalue weighted by Gasteiger charge is 2.24. The van der Waals surface area contributed by atoms with E-state index in [0.717, 1.165) is 23.2 Å². The third-order valence-corrected chi connectivity index (χ3v) is 3.47. The monoisotopic (exact) mass is 269 g/mol. The summed E-state index contributed by atoms with van der Waals surface area (Å²) in [5.74, 6) is -0.0262. The van der Waals surface area contributed by atoms with Crippen LogP contribution in [0.3, 0.4) is 0 Å². The number of nitrogens with one attached hydrogen (secondary N) is 1. The highest BCUT2D eigenvalue weighted by molar-refractivity contribution is 5.96. The SMILES string of the molecule is Cc1cc2c(c(O)c1C(=O)Oc1ccccc1)CNC2. The number of hydrogen-bond donors (Lipinski definition) is 2. The molecule has 0 atom stereocenters. The van der Waals surface area contributed by atoms with Crippen LogP contribution in [0, 0.1) is 6.92 Å². The normalized spacial score (nSPS) is 13.1. The molecule has 4 heteroatoms. The second-order valence-electron chi connectivity index (χ2n) is 4.86. The number of carbonyl (C=O) groups is 1. The zero-order valence-corrected chi connectivity index (χ0v) is 11.1. The fourth-order valence-electron chi connectivity index (χ4n) is 2.49. The molecule has 0 saturated heterocycles.